The van der Waals surface area contributed by atoms with Crippen LogP contribution in [0.4, 0.5) is 10.2 Å². The van der Waals surface area contributed by atoms with Gasteiger partial charge in [-0.25, -0.2) is 15.2 Å². The number of nitrogens with zero attached hydrogens (tertiary/aromatic N) is 1. The normalized spacial score (nSPS) is 10.8. The molecule has 0 fully saturated rings. The number of nitrogens with two attached hydrogens (primary N) is 1. The van der Waals surface area contributed by atoms with Crippen molar-refractivity contribution in [2.24, 2.45) is 5.84 Å². The van der Waals surface area contributed by atoms with Gasteiger partial charge < -0.3 is 5.43 Å². The van der Waals surface area contributed by atoms with E-state index < -0.39 is 0 Å². The molecule has 3 rings (SSSR count). The van der Waals surface area contributed by atoms with Crippen LogP contribution in [-0.2, 0) is 0 Å². The fraction of sp³-hybridized carbons (Fsp3) is 0. The molecule has 0 aliphatic carbocycles. The minimum absolute atomic E-state index is 0.296. The molecule has 1 aromatic heterocycles. The summed E-state index contributed by atoms with van der Waals surface area (Å²) in [6.45, 7) is 0. The first-order valence-corrected chi connectivity index (χ1v) is 6.38. The number of hydrazine groups is 1. The fourth-order valence-electron chi connectivity index (χ4n) is 2.11. The molecule has 100 valence electrons. The van der Waals surface area contributed by atoms with Crippen LogP contribution in [0.1, 0.15) is 0 Å². The van der Waals surface area contributed by atoms with E-state index in [0.717, 1.165) is 11.1 Å². The number of fused-ring (bicyclic) bond motifs is 1. The van der Waals surface area contributed by atoms with E-state index in [4.69, 9.17) is 17.4 Å². The number of aromatic nitrogens is 1. The van der Waals surface area contributed by atoms with Crippen molar-refractivity contribution < 1.29 is 4.39 Å². The van der Waals surface area contributed by atoms with Crippen molar-refractivity contribution >= 4 is 28.3 Å². The molecule has 3 aromatic rings. The summed E-state index contributed by atoms with van der Waals surface area (Å²) in [5.74, 6) is 5.76. The number of hydrogen-bond donors (Lipinski definition) is 2. The number of pyridine rings is 1. The number of nitrogens with one attached hydrogen (secondary N) is 1. The summed E-state index contributed by atoms with van der Waals surface area (Å²) in [7, 11) is 0. The Morgan fingerprint density at radius 1 is 1.05 bits per heavy atom. The molecule has 0 unspecified atom stereocenters. The van der Waals surface area contributed by atoms with Crippen molar-refractivity contribution in [3.63, 3.8) is 0 Å². The predicted octanol–water partition coefficient (Wildman–Crippen LogP) is 3.98. The summed E-state index contributed by atoms with van der Waals surface area (Å²) in [6.07, 6.45) is 0. The lowest BCUT2D eigenvalue weighted by Crippen LogP contribution is -2.10. The zero-order valence-corrected chi connectivity index (χ0v) is 11.2. The molecule has 0 bridgehead atoms. The highest BCUT2D eigenvalue weighted by atomic mass is 35.5. The maximum atomic E-state index is 13.3. The van der Waals surface area contributed by atoms with Crippen molar-refractivity contribution in [1.82, 2.24) is 4.98 Å². The zero-order chi connectivity index (χ0) is 14.1. The topological polar surface area (TPSA) is 50.9 Å². The van der Waals surface area contributed by atoms with E-state index in [0.29, 0.717) is 21.7 Å². The van der Waals surface area contributed by atoms with Crippen LogP contribution in [0, 0.1) is 5.82 Å². The van der Waals surface area contributed by atoms with Gasteiger partial charge in [-0.1, -0.05) is 23.7 Å². The van der Waals surface area contributed by atoms with Gasteiger partial charge in [0, 0.05) is 16.0 Å². The first-order valence-electron chi connectivity index (χ1n) is 6.00. The van der Waals surface area contributed by atoms with E-state index in [1.54, 1.807) is 18.2 Å². The standard InChI is InChI=1S/C15H11ClFN3/c16-11-3-1-9(2-4-11)13-8-10-7-12(17)5-6-14(10)19-15(13)20-18/h1-8H,18H2,(H,19,20). The lowest BCUT2D eigenvalue weighted by atomic mass is 10.0. The molecule has 1 heterocycles. The number of halogens is 2. The molecule has 2 aromatic carbocycles. The van der Waals surface area contributed by atoms with Gasteiger partial charge in [-0.2, -0.15) is 0 Å². The zero-order valence-electron chi connectivity index (χ0n) is 10.4. The van der Waals surface area contributed by atoms with E-state index >= 15 is 0 Å². The average Bonchev–Trinajstić information content (AvgIpc) is 2.46. The molecule has 0 atom stereocenters. The van der Waals surface area contributed by atoms with Crippen LogP contribution in [0.3, 0.4) is 0 Å². The molecule has 3 nitrogen and oxygen atoms in total. The molecule has 20 heavy (non-hydrogen) atoms. The summed E-state index contributed by atoms with van der Waals surface area (Å²) >= 11 is 5.88. The highest BCUT2D eigenvalue weighted by Crippen LogP contribution is 2.30. The van der Waals surface area contributed by atoms with Gasteiger partial charge in [0.05, 0.1) is 5.52 Å². The summed E-state index contributed by atoms with van der Waals surface area (Å²) in [5.41, 5.74) is 4.95. The third-order valence-electron chi connectivity index (χ3n) is 3.07. The number of nitrogen functional groups attached to an aromatic ring is 1. The Labute approximate surface area is 120 Å². The van der Waals surface area contributed by atoms with Crippen LogP contribution in [0.25, 0.3) is 22.0 Å². The van der Waals surface area contributed by atoms with Gasteiger partial charge in [-0.3, -0.25) is 0 Å². The van der Waals surface area contributed by atoms with Crippen LogP contribution in [0.15, 0.2) is 48.5 Å². The van der Waals surface area contributed by atoms with Crippen LogP contribution >= 0.6 is 11.6 Å². The SMILES string of the molecule is NNc1nc2ccc(F)cc2cc1-c1ccc(Cl)cc1. The molecular formula is C15H11ClFN3. The van der Waals surface area contributed by atoms with Crippen LogP contribution < -0.4 is 11.3 Å². The molecule has 0 amide bonds. The Morgan fingerprint density at radius 2 is 1.80 bits per heavy atom. The third-order valence-corrected chi connectivity index (χ3v) is 3.32. The second kappa shape index (κ2) is 5.07. The van der Waals surface area contributed by atoms with Crippen molar-refractivity contribution in [2.75, 3.05) is 5.43 Å². The molecule has 0 aliphatic rings. The fourth-order valence-corrected chi connectivity index (χ4v) is 2.23. The molecule has 0 aliphatic heterocycles. The van der Waals surface area contributed by atoms with Gasteiger partial charge in [-0.05, 0) is 42.0 Å². The molecule has 0 radical (unpaired) electrons. The third kappa shape index (κ3) is 2.31. The first-order chi connectivity index (χ1) is 9.67. The first kappa shape index (κ1) is 12.8. The molecular weight excluding hydrogens is 277 g/mol. The summed E-state index contributed by atoms with van der Waals surface area (Å²) in [5, 5.41) is 1.37. The number of hydrogen-bond acceptors (Lipinski definition) is 3. The maximum Gasteiger partial charge on any atom is 0.148 e. The largest absolute Gasteiger partial charge is 0.308 e. The second-order valence-corrected chi connectivity index (χ2v) is 4.81. The second-order valence-electron chi connectivity index (χ2n) is 4.37. The maximum absolute atomic E-state index is 13.3. The lowest BCUT2D eigenvalue weighted by molar-refractivity contribution is 0.629. The van der Waals surface area contributed by atoms with Crippen molar-refractivity contribution in [2.45, 2.75) is 0 Å². The van der Waals surface area contributed by atoms with E-state index in [1.807, 2.05) is 18.2 Å². The molecule has 3 N–H and O–H groups in total. The van der Waals surface area contributed by atoms with Crippen molar-refractivity contribution in [3.05, 3.63) is 59.4 Å². The summed E-state index contributed by atoms with van der Waals surface area (Å²) in [6, 6.07) is 13.6. The Morgan fingerprint density at radius 3 is 2.50 bits per heavy atom. The van der Waals surface area contributed by atoms with Crippen molar-refractivity contribution in [3.8, 4) is 11.1 Å². The smallest absolute Gasteiger partial charge is 0.148 e. The monoisotopic (exact) mass is 287 g/mol. The minimum Gasteiger partial charge on any atom is -0.308 e. The van der Waals surface area contributed by atoms with E-state index in [2.05, 4.69) is 10.4 Å². The van der Waals surface area contributed by atoms with Gasteiger partial charge in [-0.15, -0.1) is 0 Å². The van der Waals surface area contributed by atoms with Crippen LogP contribution in [-0.4, -0.2) is 4.98 Å². The quantitative estimate of drug-likeness (QED) is 0.554. The highest BCUT2D eigenvalue weighted by molar-refractivity contribution is 6.30. The minimum atomic E-state index is -0.296. The average molecular weight is 288 g/mol. The Kier molecular flexibility index (Phi) is 3.26. The molecule has 0 saturated heterocycles. The summed E-state index contributed by atoms with van der Waals surface area (Å²) < 4.78 is 13.3. The van der Waals surface area contributed by atoms with Crippen LogP contribution in [0.5, 0.6) is 0 Å². The van der Waals surface area contributed by atoms with Gasteiger partial charge in [0.2, 0.25) is 0 Å². The molecule has 5 heteroatoms. The Hall–Kier alpha value is -2.17. The predicted molar refractivity (Wildman–Crippen MR) is 80.0 cm³/mol. The van der Waals surface area contributed by atoms with E-state index in [-0.39, 0.29) is 5.82 Å². The van der Waals surface area contributed by atoms with Gasteiger partial charge in [0.1, 0.15) is 11.6 Å². The van der Waals surface area contributed by atoms with Crippen LogP contribution in [0.2, 0.25) is 5.02 Å². The number of benzene rings is 2. The van der Waals surface area contributed by atoms with Gasteiger partial charge in [0.15, 0.2) is 0 Å². The van der Waals surface area contributed by atoms with Crippen molar-refractivity contribution in [1.29, 1.82) is 0 Å². The van der Waals surface area contributed by atoms with Gasteiger partial charge in [0.25, 0.3) is 0 Å². The molecule has 0 saturated carbocycles. The van der Waals surface area contributed by atoms with E-state index in [9.17, 15) is 4.39 Å². The number of anilines is 1. The summed E-state index contributed by atoms with van der Waals surface area (Å²) in [4.78, 5) is 4.40. The molecule has 0 spiro atoms. The Bertz CT molecular complexity index is 772. The number of rotatable bonds is 2. The van der Waals surface area contributed by atoms with E-state index in [1.165, 1.54) is 12.1 Å². The highest BCUT2D eigenvalue weighted by Gasteiger charge is 2.09. The lowest BCUT2D eigenvalue weighted by Gasteiger charge is -2.10. The Balaban J connectivity index is 2.24. The van der Waals surface area contributed by atoms with Gasteiger partial charge >= 0.3 is 0 Å².